The number of anilines is 2. The summed E-state index contributed by atoms with van der Waals surface area (Å²) in [6, 6.07) is 79.7. The van der Waals surface area contributed by atoms with Gasteiger partial charge in [0.2, 0.25) is 0 Å². The Morgan fingerprint density at radius 3 is 1.69 bits per heavy atom. The summed E-state index contributed by atoms with van der Waals surface area (Å²) in [6.07, 6.45) is 4.47. The van der Waals surface area contributed by atoms with E-state index in [1.165, 1.54) is 88.0 Å². The summed E-state index contributed by atoms with van der Waals surface area (Å²) in [4.78, 5) is 2.33. The molecule has 0 aromatic heterocycles. The minimum atomic E-state index is -0.521. The molecule has 1 nitrogen and oxygen atoms in total. The highest BCUT2D eigenvalue weighted by atomic mass is 15.1. The summed E-state index contributed by atoms with van der Waals surface area (Å²) in [5, 5.41) is 7.52. The minimum absolute atomic E-state index is 0.521. The maximum Gasteiger partial charge on any atom is 0.0714 e. The number of allylic oxidation sites excluding steroid dienone is 1. The van der Waals surface area contributed by atoms with Crippen molar-refractivity contribution in [2.45, 2.75) is 12.3 Å². The Balaban J connectivity index is 1.11. The van der Waals surface area contributed by atoms with Crippen molar-refractivity contribution in [2.75, 3.05) is 4.90 Å². The molecule has 0 atom stereocenters. The molecular formula is C60H43N. The van der Waals surface area contributed by atoms with Crippen LogP contribution >= 0.6 is 0 Å². The molecule has 288 valence electrons. The highest BCUT2D eigenvalue weighted by Crippen LogP contribution is 2.57. The molecule has 1 heteroatoms. The number of fused-ring (bicyclic) bond motifs is 7. The zero-order valence-electron chi connectivity index (χ0n) is 34.1. The standard InChI is InChI=1S/C60H43N/c1-41(32-38-50-42(2)49-24-11-12-26-53(49)55-28-14-13-27-54(50)55)61(47-35-33-44(34-36-47)52-30-17-19-43-18-9-10-25-51(43)52)48-37-39-57-56-29-15-16-31-58(56)60(59(57)40-48,45-20-5-3-6-21-45)46-22-7-4-8-23-46/h3-40H,1H2,2H3/b38-32-. The summed E-state index contributed by atoms with van der Waals surface area (Å²) in [7, 11) is 0. The molecule has 61 heavy (non-hydrogen) atoms. The van der Waals surface area contributed by atoms with Crippen LogP contribution in [0.1, 0.15) is 33.4 Å². The Labute approximate surface area is 357 Å². The van der Waals surface area contributed by atoms with Crippen molar-refractivity contribution in [1.29, 1.82) is 0 Å². The summed E-state index contributed by atoms with van der Waals surface area (Å²) >= 11 is 0. The lowest BCUT2D eigenvalue weighted by atomic mass is 9.67. The topological polar surface area (TPSA) is 3.24 Å². The molecule has 0 amide bonds. The van der Waals surface area contributed by atoms with E-state index in [9.17, 15) is 0 Å². The van der Waals surface area contributed by atoms with Crippen molar-refractivity contribution in [3.63, 3.8) is 0 Å². The summed E-state index contributed by atoms with van der Waals surface area (Å²) in [6.45, 7) is 7.08. The van der Waals surface area contributed by atoms with Gasteiger partial charge in [-0.3, -0.25) is 0 Å². The molecule has 0 saturated heterocycles. The van der Waals surface area contributed by atoms with Crippen LogP contribution in [0.5, 0.6) is 0 Å². The van der Waals surface area contributed by atoms with Gasteiger partial charge in [-0.25, -0.2) is 0 Å². The van der Waals surface area contributed by atoms with Crippen molar-refractivity contribution >= 4 is 49.8 Å². The first kappa shape index (κ1) is 36.3. The Kier molecular flexibility index (Phi) is 8.83. The van der Waals surface area contributed by atoms with Gasteiger partial charge in [0.25, 0.3) is 0 Å². The zero-order valence-corrected chi connectivity index (χ0v) is 34.1. The average molecular weight is 778 g/mol. The molecular weight excluding hydrogens is 735 g/mol. The molecule has 1 aliphatic carbocycles. The van der Waals surface area contributed by atoms with Gasteiger partial charge in [-0.2, -0.15) is 0 Å². The van der Waals surface area contributed by atoms with E-state index < -0.39 is 5.41 Å². The quantitative estimate of drug-likeness (QED) is 0.110. The summed E-state index contributed by atoms with van der Waals surface area (Å²) in [5.74, 6) is 0. The first-order valence-electron chi connectivity index (χ1n) is 21.1. The van der Waals surface area contributed by atoms with E-state index in [-0.39, 0.29) is 0 Å². The lowest BCUT2D eigenvalue weighted by Gasteiger charge is -2.35. The van der Waals surface area contributed by atoms with Crippen LogP contribution in [0.2, 0.25) is 0 Å². The fourth-order valence-electron chi connectivity index (χ4n) is 10.1. The molecule has 0 N–H and O–H groups in total. The third-order valence-corrected chi connectivity index (χ3v) is 12.9. The molecule has 0 heterocycles. The summed E-state index contributed by atoms with van der Waals surface area (Å²) < 4.78 is 0. The first-order chi connectivity index (χ1) is 30.1. The lowest BCUT2D eigenvalue weighted by Crippen LogP contribution is -2.28. The van der Waals surface area contributed by atoms with Gasteiger partial charge in [-0.05, 0) is 125 Å². The van der Waals surface area contributed by atoms with E-state index in [4.69, 9.17) is 6.58 Å². The molecule has 0 aliphatic heterocycles. The molecule has 0 spiro atoms. The van der Waals surface area contributed by atoms with Crippen LogP contribution in [-0.2, 0) is 5.41 Å². The van der Waals surface area contributed by atoms with Crippen molar-refractivity contribution in [3.8, 4) is 22.3 Å². The van der Waals surface area contributed by atoms with Crippen LogP contribution in [0.3, 0.4) is 0 Å². The van der Waals surface area contributed by atoms with Crippen molar-refractivity contribution < 1.29 is 0 Å². The normalized spacial score (nSPS) is 12.8. The first-order valence-corrected chi connectivity index (χ1v) is 21.1. The minimum Gasteiger partial charge on any atom is -0.311 e. The van der Waals surface area contributed by atoms with Crippen molar-refractivity contribution in [3.05, 3.63) is 270 Å². The molecule has 0 radical (unpaired) electrons. The molecule has 0 bridgehead atoms. The number of hydrogen-bond acceptors (Lipinski definition) is 1. The van der Waals surface area contributed by atoms with Crippen LogP contribution in [0.4, 0.5) is 11.4 Å². The van der Waals surface area contributed by atoms with Crippen LogP contribution in [0.25, 0.3) is 60.6 Å². The van der Waals surface area contributed by atoms with Gasteiger partial charge in [0.1, 0.15) is 0 Å². The van der Waals surface area contributed by atoms with Gasteiger partial charge in [0.15, 0.2) is 0 Å². The van der Waals surface area contributed by atoms with E-state index in [0.29, 0.717) is 0 Å². The second-order valence-corrected chi connectivity index (χ2v) is 16.1. The molecule has 0 unspecified atom stereocenters. The number of benzene rings is 10. The molecule has 11 rings (SSSR count). The summed E-state index contributed by atoms with van der Waals surface area (Å²) in [5.41, 5.74) is 14.9. The molecule has 1 aliphatic rings. The highest BCUT2D eigenvalue weighted by molar-refractivity contribution is 6.12. The van der Waals surface area contributed by atoms with Gasteiger partial charge in [-0.1, -0.05) is 207 Å². The van der Waals surface area contributed by atoms with E-state index in [2.05, 4.69) is 242 Å². The largest absolute Gasteiger partial charge is 0.311 e. The number of nitrogens with zero attached hydrogens (tertiary/aromatic N) is 1. The van der Waals surface area contributed by atoms with Crippen molar-refractivity contribution in [1.82, 2.24) is 0 Å². The smallest absolute Gasteiger partial charge is 0.0714 e. The fourth-order valence-corrected chi connectivity index (χ4v) is 10.1. The van der Waals surface area contributed by atoms with Gasteiger partial charge in [-0.15, -0.1) is 0 Å². The van der Waals surface area contributed by atoms with E-state index >= 15 is 0 Å². The van der Waals surface area contributed by atoms with Crippen LogP contribution in [-0.4, -0.2) is 0 Å². The van der Waals surface area contributed by atoms with Gasteiger partial charge in [0, 0.05) is 17.1 Å². The third-order valence-electron chi connectivity index (χ3n) is 12.9. The van der Waals surface area contributed by atoms with E-state index in [1.807, 2.05) is 0 Å². The maximum absolute atomic E-state index is 4.84. The maximum atomic E-state index is 4.84. The van der Waals surface area contributed by atoms with Gasteiger partial charge < -0.3 is 4.90 Å². The van der Waals surface area contributed by atoms with Crippen LogP contribution in [0.15, 0.2) is 237 Å². The van der Waals surface area contributed by atoms with Gasteiger partial charge in [0.05, 0.1) is 5.41 Å². The SMILES string of the molecule is C=C(/C=C\c1c(C)c2ccccc2c2ccccc12)N(c1ccc(-c2cccc3ccccc23)cc1)c1ccc2c(c1)C(c1ccccc1)(c1ccccc1)c1ccccc1-2. The second kappa shape index (κ2) is 14.8. The number of hydrogen-bond donors (Lipinski definition) is 0. The molecule has 10 aromatic rings. The van der Waals surface area contributed by atoms with Crippen molar-refractivity contribution in [2.24, 2.45) is 0 Å². The highest BCUT2D eigenvalue weighted by Gasteiger charge is 2.46. The number of aryl methyl sites for hydroxylation is 1. The Hall–Kier alpha value is -7.74. The van der Waals surface area contributed by atoms with Gasteiger partial charge >= 0.3 is 0 Å². The Morgan fingerprint density at radius 1 is 0.443 bits per heavy atom. The zero-order chi connectivity index (χ0) is 40.9. The molecule has 10 aromatic carbocycles. The fraction of sp³-hybridized carbons (Fsp3) is 0.0333. The van der Waals surface area contributed by atoms with E-state index in [0.717, 1.165) is 17.1 Å². The number of rotatable bonds is 8. The van der Waals surface area contributed by atoms with Crippen LogP contribution < -0.4 is 4.90 Å². The van der Waals surface area contributed by atoms with E-state index in [1.54, 1.807) is 0 Å². The van der Waals surface area contributed by atoms with Crippen LogP contribution in [0, 0.1) is 6.92 Å². The average Bonchev–Trinajstić information content (AvgIpc) is 3.62. The Bertz CT molecular complexity index is 3270. The third kappa shape index (κ3) is 5.85. The second-order valence-electron chi connectivity index (χ2n) is 16.1. The Morgan fingerprint density at radius 2 is 0.967 bits per heavy atom. The monoisotopic (exact) mass is 777 g/mol. The predicted molar refractivity (Wildman–Crippen MR) is 260 cm³/mol. The lowest BCUT2D eigenvalue weighted by molar-refractivity contribution is 0.768. The predicted octanol–water partition coefficient (Wildman–Crippen LogP) is 15.8. The molecule has 0 fully saturated rings. The molecule has 0 saturated carbocycles.